The van der Waals surface area contributed by atoms with Gasteiger partial charge in [0, 0.05) is 25.3 Å². The Bertz CT molecular complexity index is 469. The zero-order chi connectivity index (χ0) is 14.5. The zero-order valence-electron chi connectivity index (χ0n) is 12.0. The molecule has 1 atom stereocenters. The van der Waals surface area contributed by atoms with E-state index in [4.69, 9.17) is 9.47 Å². The van der Waals surface area contributed by atoms with Gasteiger partial charge in [-0.15, -0.1) is 0 Å². The maximum Gasteiger partial charge on any atom is 0.254 e. The molecule has 1 N–H and O–H groups in total. The number of phenolic OH excluding ortho intramolecular Hbond substituents is 1. The molecule has 20 heavy (non-hydrogen) atoms. The molecule has 1 unspecified atom stereocenters. The minimum atomic E-state index is -0.0963. The van der Waals surface area contributed by atoms with Crippen molar-refractivity contribution in [1.29, 1.82) is 0 Å². The molecule has 1 aromatic rings. The molecule has 5 heteroatoms. The Morgan fingerprint density at radius 3 is 2.90 bits per heavy atom. The molecule has 1 aliphatic heterocycles. The number of carbonyl (C=O) groups excluding carboxylic acids is 1. The summed E-state index contributed by atoms with van der Waals surface area (Å²) < 4.78 is 10.5. The number of benzene rings is 1. The number of hydrogen-bond acceptors (Lipinski definition) is 4. The van der Waals surface area contributed by atoms with E-state index in [-0.39, 0.29) is 17.8 Å². The van der Waals surface area contributed by atoms with Crippen LogP contribution in [-0.4, -0.2) is 48.8 Å². The van der Waals surface area contributed by atoms with Crippen molar-refractivity contribution in [3.8, 4) is 11.5 Å². The predicted octanol–water partition coefficient (Wildman–Crippen LogP) is 2.04. The number of ether oxygens (including phenoxy) is 2. The Morgan fingerprint density at radius 1 is 1.55 bits per heavy atom. The Labute approximate surface area is 119 Å². The van der Waals surface area contributed by atoms with E-state index >= 15 is 0 Å². The monoisotopic (exact) mass is 279 g/mol. The largest absolute Gasteiger partial charge is 0.504 e. The van der Waals surface area contributed by atoms with Crippen molar-refractivity contribution in [1.82, 2.24) is 4.90 Å². The van der Waals surface area contributed by atoms with E-state index in [9.17, 15) is 9.90 Å². The normalized spacial score (nSPS) is 18.0. The lowest BCUT2D eigenvalue weighted by Crippen LogP contribution is -2.37. The van der Waals surface area contributed by atoms with Crippen LogP contribution in [0.15, 0.2) is 18.2 Å². The Kier molecular flexibility index (Phi) is 4.84. The summed E-state index contributed by atoms with van der Waals surface area (Å²) in [6, 6.07) is 4.71. The molecular weight excluding hydrogens is 258 g/mol. The molecule has 5 nitrogen and oxygen atoms in total. The summed E-state index contributed by atoms with van der Waals surface area (Å²) in [4.78, 5) is 14.2. The van der Waals surface area contributed by atoms with Crippen LogP contribution in [0.1, 0.15) is 30.1 Å². The second-order valence-electron chi connectivity index (χ2n) is 4.87. The third-order valence-corrected chi connectivity index (χ3v) is 3.54. The molecule has 0 radical (unpaired) electrons. The van der Waals surface area contributed by atoms with Crippen LogP contribution in [0, 0.1) is 0 Å². The molecule has 1 aromatic carbocycles. The van der Waals surface area contributed by atoms with Gasteiger partial charge in [-0.2, -0.15) is 0 Å². The number of hydrogen-bond donors (Lipinski definition) is 1. The highest BCUT2D eigenvalue weighted by Gasteiger charge is 2.22. The van der Waals surface area contributed by atoms with E-state index in [2.05, 4.69) is 0 Å². The van der Waals surface area contributed by atoms with Gasteiger partial charge in [0.15, 0.2) is 11.5 Å². The number of nitrogens with zero attached hydrogens (tertiary/aromatic N) is 1. The fraction of sp³-hybridized carbons (Fsp3) is 0.533. The predicted molar refractivity (Wildman–Crippen MR) is 75.2 cm³/mol. The molecule has 2 rings (SSSR count). The van der Waals surface area contributed by atoms with Crippen LogP contribution in [0.4, 0.5) is 0 Å². The van der Waals surface area contributed by atoms with Crippen LogP contribution >= 0.6 is 0 Å². The molecule has 0 aliphatic carbocycles. The molecule has 0 spiro atoms. The van der Waals surface area contributed by atoms with Gasteiger partial charge >= 0.3 is 0 Å². The first kappa shape index (κ1) is 14.7. The average molecular weight is 279 g/mol. The molecule has 110 valence electrons. The lowest BCUT2D eigenvalue weighted by molar-refractivity contribution is 0.0539. The summed E-state index contributed by atoms with van der Waals surface area (Å²) >= 11 is 0. The van der Waals surface area contributed by atoms with Gasteiger partial charge in [-0.1, -0.05) is 0 Å². The molecule has 0 aromatic heterocycles. The number of rotatable bonds is 5. The molecule has 1 saturated heterocycles. The van der Waals surface area contributed by atoms with Gasteiger partial charge in [0.05, 0.1) is 13.2 Å². The number of likely N-dealkylation sites (N-methyl/N-ethyl adjacent to an activating group) is 1. The van der Waals surface area contributed by atoms with Crippen LogP contribution in [0.2, 0.25) is 0 Å². The van der Waals surface area contributed by atoms with E-state index in [0.29, 0.717) is 24.4 Å². The van der Waals surface area contributed by atoms with E-state index in [1.54, 1.807) is 17.0 Å². The van der Waals surface area contributed by atoms with E-state index in [0.717, 1.165) is 19.4 Å². The van der Waals surface area contributed by atoms with Crippen molar-refractivity contribution in [2.75, 3.05) is 26.8 Å². The quantitative estimate of drug-likeness (QED) is 0.896. The van der Waals surface area contributed by atoms with Crippen molar-refractivity contribution >= 4 is 5.91 Å². The highest BCUT2D eigenvalue weighted by atomic mass is 16.5. The molecule has 1 fully saturated rings. The van der Waals surface area contributed by atoms with Gasteiger partial charge in [-0.25, -0.2) is 0 Å². The van der Waals surface area contributed by atoms with Crippen LogP contribution in [0.25, 0.3) is 0 Å². The van der Waals surface area contributed by atoms with Gasteiger partial charge in [0.25, 0.3) is 5.91 Å². The molecule has 1 heterocycles. The smallest absolute Gasteiger partial charge is 0.254 e. The Hall–Kier alpha value is -1.75. The van der Waals surface area contributed by atoms with Crippen LogP contribution < -0.4 is 4.74 Å². The van der Waals surface area contributed by atoms with E-state index < -0.39 is 0 Å². The van der Waals surface area contributed by atoms with Gasteiger partial charge < -0.3 is 19.5 Å². The maximum atomic E-state index is 12.4. The first-order valence-electron chi connectivity index (χ1n) is 6.93. The van der Waals surface area contributed by atoms with Gasteiger partial charge in [0.2, 0.25) is 0 Å². The standard InChI is InChI=1S/C15H21NO4/c1-3-16(10-12-5-4-8-20-12)15(18)11-6-7-14(19-2)13(17)9-11/h6-7,9,12,17H,3-5,8,10H2,1-2H3. The number of carbonyl (C=O) groups is 1. The summed E-state index contributed by atoms with van der Waals surface area (Å²) in [5, 5.41) is 9.76. The number of phenols is 1. The first-order valence-corrected chi connectivity index (χ1v) is 6.93. The van der Waals surface area contributed by atoms with Crippen molar-refractivity contribution in [3.05, 3.63) is 23.8 Å². The first-order chi connectivity index (χ1) is 9.65. The van der Waals surface area contributed by atoms with Gasteiger partial charge in [0.1, 0.15) is 0 Å². The third-order valence-electron chi connectivity index (χ3n) is 3.54. The second kappa shape index (κ2) is 6.61. The fourth-order valence-electron chi connectivity index (χ4n) is 2.40. The Balaban J connectivity index is 2.09. The number of amides is 1. The summed E-state index contributed by atoms with van der Waals surface area (Å²) in [5.41, 5.74) is 0.461. The molecule has 0 bridgehead atoms. The fourth-order valence-corrected chi connectivity index (χ4v) is 2.40. The summed E-state index contributed by atoms with van der Waals surface area (Å²) in [5.74, 6) is 0.246. The number of methoxy groups -OCH3 is 1. The molecular formula is C15H21NO4. The maximum absolute atomic E-state index is 12.4. The van der Waals surface area contributed by atoms with E-state index in [1.165, 1.54) is 13.2 Å². The SMILES string of the molecule is CCN(CC1CCCO1)C(=O)c1ccc(OC)c(O)c1. The lowest BCUT2D eigenvalue weighted by atomic mass is 10.1. The van der Waals surface area contributed by atoms with Gasteiger partial charge in [-0.05, 0) is 38.0 Å². The van der Waals surface area contributed by atoms with Crippen molar-refractivity contribution < 1.29 is 19.4 Å². The topological polar surface area (TPSA) is 59.0 Å². The average Bonchev–Trinajstić information content (AvgIpc) is 2.97. The molecule has 0 saturated carbocycles. The highest BCUT2D eigenvalue weighted by Crippen LogP contribution is 2.27. The lowest BCUT2D eigenvalue weighted by Gasteiger charge is -2.24. The zero-order valence-corrected chi connectivity index (χ0v) is 12.0. The van der Waals surface area contributed by atoms with Crippen molar-refractivity contribution in [2.45, 2.75) is 25.9 Å². The van der Waals surface area contributed by atoms with Crippen LogP contribution in [0.3, 0.4) is 0 Å². The van der Waals surface area contributed by atoms with Gasteiger partial charge in [-0.3, -0.25) is 4.79 Å². The third kappa shape index (κ3) is 3.22. The summed E-state index contributed by atoms with van der Waals surface area (Å²) in [7, 11) is 1.48. The summed E-state index contributed by atoms with van der Waals surface area (Å²) in [6.45, 7) is 3.93. The van der Waals surface area contributed by atoms with E-state index in [1.807, 2.05) is 6.92 Å². The minimum absolute atomic E-state index is 0.0217. The van der Waals surface area contributed by atoms with Crippen molar-refractivity contribution in [2.24, 2.45) is 0 Å². The highest BCUT2D eigenvalue weighted by molar-refractivity contribution is 5.94. The minimum Gasteiger partial charge on any atom is -0.504 e. The molecule has 1 amide bonds. The second-order valence-corrected chi connectivity index (χ2v) is 4.87. The van der Waals surface area contributed by atoms with Crippen molar-refractivity contribution in [3.63, 3.8) is 0 Å². The van der Waals surface area contributed by atoms with Crippen LogP contribution in [-0.2, 0) is 4.74 Å². The Morgan fingerprint density at radius 2 is 2.35 bits per heavy atom. The molecule has 1 aliphatic rings. The summed E-state index contributed by atoms with van der Waals surface area (Å²) in [6.07, 6.45) is 2.18. The number of aromatic hydroxyl groups is 1. The van der Waals surface area contributed by atoms with Crippen LogP contribution in [0.5, 0.6) is 11.5 Å².